The standard InChI is InChI=1S/C16H22N2O3/c1-10-7-11(2)15(12(3)8-10)17-14(19)9-18-6-4-5-13(18)16(20)21/h7-8,13H,4-6,9H2,1-3H3,(H,17,19)(H,20,21)/t13-/m0/s1. The number of carboxylic acid groups (broad SMARTS) is 1. The minimum absolute atomic E-state index is 0.129. The number of benzene rings is 1. The van der Waals surface area contributed by atoms with Crippen LogP contribution in [0.2, 0.25) is 0 Å². The summed E-state index contributed by atoms with van der Waals surface area (Å²) in [7, 11) is 0. The highest BCUT2D eigenvalue weighted by atomic mass is 16.4. The number of nitrogens with one attached hydrogen (secondary N) is 1. The van der Waals surface area contributed by atoms with E-state index in [1.807, 2.05) is 32.9 Å². The number of aliphatic carboxylic acids is 1. The summed E-state index contributed by atoms with van der Waals surface area (Å²) < 4.78 is 0. The number of anilines is 1. The van der Waals surface area contributed by atoms with Gasteiger partial charge in [0.05, 0.1) is 6.54 Å². The van der Waals surface area contributed by atoms with Gasteiger partial charge in [-0.3, -0.25) is 14.5 Å². The van der Waals surface area contributed by atoms with Crippen LogP contribution in [0.15, 0.2) is 12.1 Å². The van der Waals surface area contributed by atoms with E-state index in [1.54, 1.807) is 4.90 Å². The van der Waals surface area contributed by atoms with Gasteiger partial charge >= 0.3 is 5.97 Å². The molecule has 2 N–H and O–H groups in total. The Labute approximate surface area is 125 Å². The molecular formula is C16H22N2O3. The highest BCUT2D eigenvalue weighted by molar-refractivity contribution is 5.94. The van der Waals surface area contributed by atoms with Gasteiger partial charge in [0.2, 0.25) is 5.91 Å². The molecule has 0 aliphatic carbocycles. The van der Waals surface area contributed by atoms with Crippen LogP contribution in [0.25, 0.3) is 0 Å². The zero-order valence-corrected chi connectivity index (χ0v) is 12.8. The van der Waals surface area contributed by atoms with Crippen molar-refractivity contribution >= 4 is 17.6 Å². The number of carbonyl (C=O) groups excluding carboxylic acids is 1. The van der Waals surface area contributed by atoms with Crippen molar-refractivity contribution in [1.29, 1.82) is 0 Å². The van der Waals surface area contributed by atoms with Gasteiger partial charge in [-0.05, 0) is 51.3 Å². The molecule has 2 rings (SSSR count). The second-order valence-corrected chi connectivity index (χ2v) is 5.79. The Kier molecular flexibility index (Phi) is 4.63. The number of likely N-dealkylation sites (tertiary alicyclic amines) is 1. The lowest BCUT2D eigenvalue weighted by Crippen LogP contribution is -2.41. The van der Waals surface area contributed by atoms with Gasteiger partial charge in [0, 0.05) is 5.69 Å². The quantitative estimate of drug-likeness (QED) is 0.891. The molecule has 1 amide bonds. The van der Waals surface area contributed by atoms with E-state index in [0.29, 0.717) is 13.0 Å². The minimum Gasteiger partial charge on any atom is -0.480 e. The monoisotopic (exact) mass is 290 g/mol. The number of carbonyl (C=O) groups is 2. The summed E-state index contributed by atoms with van der Waals surface area (Å²) in [5, 5.41) is 12.1. The SMILES string of the molecule is Cc1cc(C)c(NC(=O)CN2CCC[C@H]2C(=O)O)c(C)c1. The van der Waals surface area contributed by atoms with E-state index in [1.165, 1.54) is 0 Å². The van der Waals surface area contributed by atoms with Crippen molar-refractivity contribution in [2.75, 3.05) is 18.4 Å². The van der Waals surface area contributed by atoms with Crippen molar-refractivity contribution in [1.82, 2.24) is 4.90 Å². The van der Waals surface area contributed by atoms with Crippen molar-refractivity contribution in [3.8, 4) is 0 Å². The van der Waals surface area contributed by atoms with E-state index >= 15 is 0 Å². The Hall–Kier alpha value is -1.88. The van der Waals surface area contributed by atoms with Crippen LogP contribution < -0.4 is 5.32 Å². The van der Waals surface area contributed by atoms with Crippen LogP contribution in [0.1, 0.15) is 29.5 Å². The third-order valence-electron chi connectivity index (χ3n) is 3.94. The molecular weight excluding hydrogens is 268 g/mol. The molecule has 0 spiro atoms. The zero-order valence-electron chi connectivity index (χ0n) is 12.8. The van der Waals surface area contributed by atoms with E-state index in [9.17, 15) is 9.59 Å². The Morgan fingerprint density at radius 3 is 2.48 bits per heavy atom. The predicted molar refractivity (Wildman–Crippen MR) is 81.5 cm³/mol. The van der Waals surface area contributed by atoms with Crippen molar-refractivity contribution in [2.45, 2.75) is 39.7 Å². The lowest BCUT2D eigenvalue weighted by atomic mass is 10.1. The highest BCUT2D eigenvalue weighted by Crippen LogP contribution is 2.22. The molecule has 0 saturated carbocycles. The molecule has 0 unspecified atom stereocenters. The van der Waals surface area contributed by atoms with Crippen molar-refractivity contribution in [3.63, 3.8) is 0 Å². The number of hydrogen-bond donors (Lipinski definition) is 2. The molecule has 1 aliphatic rings. The predicted octanol–water partition coefficient (Wildman–Crippen LogP) is 2.10. The van der Waals surface area contributed by atoms with Crippen LogP contribution in [0.5, 0.6) is 0 Å². The first kappa shape index (κ1) is 15.5. The van der Waals surface area contributed by atoms with E-state index < -0.39 is 12.0 Å². The lowest BCUT2D eigenvalue weighted by molar-refractivity contribution is -0.142. The molecule has 1 fully saturated rings. The van der Waals surface area contributed by atoms with E-state index in [0.717, 1.165) is 28.8 Å². The van der Waals surface area contributed by atoms with Crippen LogP contribution in [-0.2, 0) is 9.59 Å². The first-order chi connectivity index (χ1) is 9.88. The number of rotatable bonds is 4. The maximum atomic E-state index is 12.2. The first-order valence-electron chi connectivity index (χ1n) is 7.23. The molecule has 5 heteroatoms. The molecule has 21 heavy (non-hydrogen) atoms. The highest BCUT2D eigenvalue weighted by Gasteiger charge is 2.31. The van der Waals surface area contributed by atoms with Gasteiger partial charge < -0.3 is 10.4 Å². The summed E-state index contributed by atoms with van der Waals surface area (Å²) >= 11 is 0. The average Bonchev–Trinajstić information content (AvgIpc) is 2.82. The Morgan fingerprint density at radius 2 is 1.90 bits per heavy atom. The van der Waals surface area contributed by atoms with Crippen molar-refractivity contribution < 1.29 is 14.7 Å². The molecule has 1 aromatic rings. The number of hydrogen-bond acceptors (Lipinski definition) is 3. The number of amides is 1. The van der Waals surface area contributed by atoms with Crippen LogP contribution in [0, 0.1) is 20.8 Å². The first-order valence-corrected chi connectivity index (χ1v) is 7.23. The van der Waals surface area contributed by atoms with Crippen LogP contribution in [-0.4, -0.2) is 41.0 Å². The van der Waals surface area contributed by atoms with Crippen LogP contribution in [0.3, 0.4) is 0 Å². The molecule has 114 valence electrons. The lowest BCUT2D eigenvalue weighted by Gasteiger charge is -2.21. The normalized spacial score (nSPS) is 18.7. The molecule has 0 radical (unpaired) electrons. The smallest absolute Gasteiger partial charge is 0.320 e. The molecule has 1 aliphatic heterocycles. The summed E-state index contributed by atoms with van der Waals surface area (Å²) in [4.78, 5) is 25.0. The summed E-state index contributed by atoms with van der Waals surface area (Å²) in [5.74, 6) is -0.999. The summed E-state index contributed by atoms with van der Waals surface area (Å²) in [5.41, 5.74) is 4.04. The third kappa shape index (κ3) is 3.61. The topological polar surface area (TPSA) is 69.6 Å². The second kappa shape index (κ2) is 6.26. The van der Waals surface area contributed by atoms with Crippen LogP contribution in [0.4, 0.5) is 5.69 Å². The Bertz CT molecular complexity index is 546. The fourth-order valence-corrected chi connectivity index (χ4v) is 3.04. The third-order valence-corrected chi connectivity index (χ3v) is 3.94. The summed E-state index contributed by atoms with van der Waals surface area (Å²) in [6.07, 6.45) is 1.44. The fourth-order valence-electron chi connectivity index (χ4n) is 3.04. The largest absolute Gasteiger partial charge is 0.480 e. The molecule has 0 aromatic heterocycles. The van der Waals surface area contributed by atoms with Gasteiger partial charge in [-0.25, -0.2) is 0 Å². The maximum Gasteiger partial charge on any atom is 0.320 e. The van der Waals surface area contributed by atoms with Gasteiger partial charge in [-0.2, -0.15) is 0 Å². The van der Waals surface area contributed by atoms with Gasteiger partial charge in [0.1, 0.15) is 6.04 Å². The molecule has 5 nitrogen and oxygen atoms in total. The fraction of sp³-hybridized carbons (Fsp3) is 0.500. The van der Waals surface area contributed by atoms with E-state index in [2.05, 4.69) is 5.32 Å². The molecule has 0 bridgehead atoms. The van der Waals surface area contributed by atoms with E-state index in [-0.39, 0.29) is 12.5 Å². The van der Waals surface area contributed by atoms with Gasteiger partial charge in [0.25, 0.3) is 0 Å². The summed E-state index contributed by atoms with van der Waals surface area (Å²) in [6, 6.07) is 3.52. The second-order valence-electron chi connectivity index (χ2n) is 5.79. The van der Waals surface area contributed by atoms with Gasteiger partial charge in [-0.15, -0.1) is 0 Å². The van der Waals surface area contributed by atoms with E-state index in [4.69, 9.17) is 5.11 Å². The van der Waals surface area contributed by atoms with Crippen molar-refractivity contribution in [2.24, 2.45) is 0 Å². The molecule has 1 saturated heterocycles. The molecule has 1 heterocycles. The van der Waals surface area contributed by atoms with Gasteiger partial charge in [-0.1, -0.05) is 17.7 Å². The Balaban J connectivity index is 2.04. The number of nitrogens with zero attached hydrogens (tertiary/aromatic N) is 1. The molecule has 1 atom stereocenters. The van der Waals surface area contributed by atoms with Crippen LogP contribution >= 0.6 is 0 Å². The van der Waals surface area contributed by atoms with Gasteiger partial charge in [0.15, 0.2) is 0 Å². The summed E-state index contributed by atoms with van der Waals surface area (Å²) in [6.45, 7) is 6.74. The number of aryl methyl sites for hydroxylation is 3. The zero-order chi connectivity index (χ0) is 15.6. The number of carboxylic acids is 1. The minimum atomic E-state index is -0.844. The maximum absolute atomic E-state index is 12.2. The average molecular weight is 290 g/mol. The Morgan fingerprint density at radius 1 is 1.29 bits per heavy atom. The molecule has 1 aromatic carbocycles. The van der Waals surface area contributed by atoms with Crippen molar-refractivity contribution in [3.05, 3.63) is 28.8 Å².